The average Bonchev–Trinajstić information content (AvgIpc) is 3.30. The van der Waals surface area contributed by atoms with Gasteiger partial charge in [0.2, 0.25) is 5.43 Å². The van der Waals surface area contributed by atoms with Crippen LogP contribution in [0.25, 0.3) is 10.9 Å². The Labute approximate surface area is 197 Å². The van der Waals surface area contributed by atoms with Gasteiger partial charge in [-0.25, -0.2) is 8.42 Å². The zero-order valence-electron chi connectivity index (χ0n) is 18.7. The number of quaternary nitrogens is 1. The molecule has 0 radical (unpaired) electrons. The van der Waals surface area contributed by atoms with Crippen molar-refractivity contribution < 1.29 is 22.8 Å². The number of aromatic nitrogens is 1. The summed E-state index contributed by atoms with van der Waals surface area (Å²) in [5.41, 5.74) is 1.57. The summed E-state index contributed by atoms with van der Waals surface area (Å²) >= 11 is 0. The highest BCUT2D eigenvalue weighted by Gasteiger charge is 2.31. The molecule has 1 amide bonds. The van der Waals surface area contributed by atoms with Crippen LogP contribution in [0.3, 0.4) is 0 Å². The number of sulfonamides is 1. The average molecular weight is 484 g/mol. The Morgan fingerprint density at radius 1 is 1.15 bits per heavy atom. The first-order chi connectivity index (χ1) is 16.4. The summed E-state index contributed by atoms with van der Waals surface area (Å²) in [6.45, 7) is 4.75. The zero-order valence-corrected chi connectivity index (χ0v) is 19.5. The number of anilines is 1. The van der Waals surface area contributed by atoms with Crippen LogP contribution in [0.4, 0.5) is 5.69 Å². The molecule has 2 aromatic carbocycles. The quantitative estimate of drug-likeness (QED) is 0.454. The van der Waals surface area contributed by atoms with Crippen molar-refractivity contribution in [3.63, 3.8) is 0 Å². The highest BCUT2D eigenvalue weighted by atomic mass is 32.2. The monoisotopic (exact) mass is 483 g/mol. The van der Waals surface area contributed by atoms with Crippen molar-refractivity contribution in [3.8, 4) is 0 Å². The minimum atomic E-state index is -3.85. The summed E-state index contributed by atoms with van der Waals surface area (Å²) in [6.07, 6.45) is 2.02. The molecule has 0 saturated carbocycles. The molecule has 1 aromatic heterocycles. The number of nitrogens with zero attached hydrogens (tertiary/aromatic N) is 1. The van der Waals surface area contributed by atoms with E-state index in [2.05, 4.69) is 10.3 Å². The van der Waals surface area contributed by atoms with Crippen LogP contribution in [-0.4, -0.2) is 65.2 Å². The number of benzene rings is 2. The van der Waals surface area contributed by atoms with Crippen LogP contribution >= 0.6 is 0 Å². The summed E-state index contributed by atoms with van der Waals surface area (Å²) in [5, 5.41) is 2.97. The van der Waals surface area contributed by atoms with Crippen molar-refractivity contribution in [2.75, 3.05) is 50.2 Å². The maximum Gasteiger partial charge on any atom is 0.264 e. The molecule has 0 spiro atoms. The molecule has 3 heterocycles. The predicted octanol–water partition coefficient (Wildman–Crippen LogP) is -0.0756. The van der Waals surface area contributed by atoms with Gasteiger partial charge in [0, 0.05) is 23.6 Å². The second-order valence-corrected chi connectivity index (χ2v) is 10.4. The summed E-state index contributed by atoms with van der Waals surface area (Å²) in [4.78, 5) is 30.1. The lowest BCUT2D eigenvalue weighted by molar-refractivity contribution is -0.906. The number of hydrogen-bond donors (Lipinski definition) is 3. The van der Waals surface area contributed by atoms with Gasteiger partial charge in [0.25, 0.3) is 15.9 Å². The van der Waals surface area contributed by atoms with Gasteiger partial charge in [-0.15, -0.1) is 0 Å². The molecule has 5 rings (SSSR count). The number of aromatic amines is 1. The fourth-order valence-corrected chi connectivity index (χ4v) is 6.10. The highest BCUT2D eigenvalue weighted by molar-refractivity contribution is 7.92. The van der Waals surface area contributed by atoms with E-state index in [1.165, 1.54) is 27.5 Å². The summed E-state index contributed by atoms with van der Waals surface area (Å²) in [5.74, 6) is -0.475. The third kappa shape index (κ3) is 4.20. The Kier molecular flexibility index (Phi) is 6.11. The Morgan fingerprint density at radius 3 is 2.76 bits per heavy atom. The third-order valence-corrected chi connectivity index (χ3v) is 8.30. The van der Waals surface area contributed by atoms with E-state index in [0.717, 1.165) is 25.2 Å². The second-order valence-electron chi connectivity index (χ2n) is 8.56. The lowest BCUT2D eigenvalue weighted by atomic mass is 10.1. The normalized spacial score (nSPS) is 16.5. The molecule has 0 aliphatic carbocycles. The minimum absolute atomic E-state index is 0.0238. The highest BCUT2D eigenvalue weighted by Crippen LogP contribution is 2.33. The van der Waals surface area contributed by atoms with Crippen LogP contribution in [-0.2, 0) is 21.2 Å². The van der Waals surface area contributed by atoms with E-state index >= 15 is 0 Å². The fourth-order valence-electron chi connectivity index (χ4n) is 4.57. The van der Waals surface area contributed by atoms with E-state index in [-0.39, 0.29) is 15.8 Å². The number of carbonyl (C=O) groups is 1. The SMILES string of the molecule is O=C(NCC[NH+]1CCOCC1)c1c[nH]c2ccc(S(=O)(=O)N3CCc4ccccc43)cc2c1=O. The zero-order chi connectivity index (χ0) is 23.7. The number of fused-ring (bicyclic) bond motifs is 2. The van der Waals surface area contributed by atoms with Gasteiger partial charge in [-0.2, -0.15) is 0 Å². The molecule has 3 aromatic rings. The van der Waals surface area contributed by atoms with E-state index in [1.807, 2.05) is 18.2 Å². The third-order valence-electron chi connectivity index (χ3n) is 6.49. The number of rotatable bonds is 6. The summed E-state index contributed by atoms with van der Waals surface area (Å²) < 4.78 is 33.5. The first kappa shape index (κ1) is 22.6. The van der Waals surface area contributed by atoms with Crippen molar-refractivity contribution in [2.24, 2.45) is 0 Å². The number of morpholine rings is 1. The van der Waals surface area contributed by atoms with Crippen LogP contribution in [0.2, 0.25) is 0 Å². The van der Waals surface area contributed by atoms with Gasteiger partial charge in [-0.3, -0.25) is 13.9 Å². The first-order valence-corrected chi connectivity index (χ1v) is 12.8. The molecule has 1 fully saturated rings. The number of hydrogen-bond acceptors (Lipinski definition) is 5. The molecule has 0 unspecified atom stereocenters. The largest absolute Gasteiger partial charge is 0.370 e. The number of carbonyl (C=O) groups excluding carboxylic acids is 1. The predicted molar refractivity (Wildman–Crippen MR) is 128 cm³/mol. The van der Waals surface area contributed by atoms with Gasteiger partial charge >= 0.3 is 0 Å². The van der Waals surface area contributed by atoms with Gasteiger partial charge in [0.1, 0.15) is 18.7 Å². The number of ether oxygens (including phenoxy) is 1. The Balaban J connectivity index is 1.39. The number of pyridine rings is 1. The Morgan fingerprint density at radius 2 is 1.94 bits per heavy atom. The molecule has 2 aliphatic heterocycles. The van der Waals surface area contributed by atoms with Crippen molar-refractivity contribution in [3.05, 3.63) is 70.0 Å². The molecular formula is C24H27N4O5S+. The summed E-state index contributed by atoms with van der Waals surface area (Å²) in [6, 6.07) is 11.8. The first-order valence-electron chi connectivity index (χ1n) is 11.4. The molecule has 3 N–H and O–H groups in total. The standard InChI is InChI=1S/C24H26N4O5S/c29-23-19-15-18(34(31,32)28-9-7-17-3-1-2-4-22(17)28)5-6-21(19)26-16-20(23)24(30)25-8-10-27-11-13-33-14-12-27/h1-6,15-16H,7-14H2,(H,25,30)(H,26,29)/p+1. The number of nitrogens with one attached hydrogen (secondary N) is 3. The van der Waals surface area contributed by atoms with Crippen LogP contribution in [0.5, 0.6) is 0 Å². The maximum atomic E-state index is 13.4. The topological polar surface area (TPSA) is 113 Å². The molecule has 9 nitrogen and oxygen atoms in total. The number of para-hydroxylation sites is 1. The van der Waals surface area contributed by atoms with E-state index in [1.54, 1.807) is 12.1 Å². The molecule has 1 saturated heterocycles. The number of H-pyrrole nitrogens is 1. The van der Waals surface area contributed by atoms with Gasteiger partial charge in [0.15, 0.2) is 0 Å². The van der Waals surface area contributed by atoms with E-state index in [4.69, 9.17) is 4.74 Å². The van der Waals surface area contributed by atoms with Gasteiger partial charge in [-0.1, -0.05) is 18.2 Å². The van der Waals surface area contributed by atoms with Crippen molar-refractivity contribution in [1.29, 1.82) is 0 Å². The maximum absolute atomic E-state index is 13.4. The van der Waals surface area contributed by atoms with Crippen molar-refractivity contribution in [1.82, 2.24) is 10.3 Å². The lowest BCUT2D eigenvalue weighted by Gasteiger charge is -2.23. The van der Waals surface area contributed by atoms with Crippen molar-refractivity contribution >= 4 is 32.5 Å². The summed E-state index contributed by atoms with van der Waals surface area (Å²) in [7, 11) is -3.85. The fraction of sp³-hybridized carbons (Fsp3) is 0.333. The number of amides is 1. The molecular weight excluding hydrogens is 456 g/mol. The van der Waals surface area contributed by atoms with Gasteiger partial charge in [-0.05, 0) is 36.2 Å². The van der Waals surface area contributed by atoms with E-state index in [9.17, 15) is 18.0 Å². The van der Waals surface area contributed by atoms with E-state index in [0.29, 0.717) is 43.9 Å². The Bertz CT molecular complexity index is 1400. The van der Waals surface area contributed by atoms with Crippen LogP contribution in [0.1, 0.15) is 15.9 Å². The molecule has 0 bridgehead atoms. The molecule has 2 aliphatic rings. The van der Waals surface area contributed by atoms with Crippen LogP contribution in [0, 0.1) is 0 Å². The molecule has 34 heavy (non-hydrogen) atoms. The lowest BCUT2D eigenvalue weighted by Crippen LogP contribution is -3.14. The van der Waals surface area contributed by atoms with Gasteiger partial charge in [0.05, 0.1) is 36.9 Å². The molecule has 0 atom stereocenters. The van der Waals surface area contributed by atoms with Crippen LogP contribution < -0.4 is 20.0 Å². The van der Waals surface area contributed by atoms with Gasteiger partial charge < -0.3 is 19.9 Å². The van der Waals surface area contributed by atoms with Crippen molar-refractivity contribution in [2.45, 2.75) is 11.3 Å². The van der Waals surface area contributed by atoms with Crippen LogP contribution in [0.15, 0.2) is 58.4 Å². The molecule has 178 valence electrons. The molecule has 10 heteroatoms. The Hall–Kier alpha value is -3.21. The van der Waals surface area contributed by atoms with E-state index < -0.39 is 21.4 Å². The minimum Gasteiger partial charge on any atom is -0.370 e. The smallest absolute Gasteiger partial charge is 0.264 e. The second kappa shape index (κ2) is 9.21.